The SMILES string of the molecule is C[C@H](c1ccccc1)N1[C@@H](c2ccccc2)CS1(=O)=O. The summed E-state index contributed by atoms with van der Waals surface area (Å²) in [6.07, 6.45) is 0. The summed E-state index contributed by atoms with van der Waals surface area (Å²) in [5, 5.41) is 0. The van der Waals surface area contributed by atoms with Crippen LogP contribution in [-0.2, 0) is 10.0 Å². The van der Waals surface area contributed by atoms with Gasteiger partial charge >= 0.3 is 0 Å². The van der Waals surface area contributed by atoms with E-state index in [9.17, 15) is 8.42 Å². The predicted molar refractivity (Wildman–Crippen MR) is 79.7 cm³/mol. The summed E-state index contributed by atoms with van der Waals surface area (Å²) in [6.45, 7) is 1.95. The van der Waals surface area contributed by atoms with Crippen molar-refractivity contribution in [1.29, 1.82) is 0 Å². The third-order valence-electron chi connectivity index (χ3n) is 3.84. The lowest BCUT2D eigenvalue weighted by atomic mass is 10.0. The largest absolute Gasteiger partial charge is 0.217 e. The lowest BCUT2D eigenvalue weighted by molar-refractivity contribution is 0.239. The molecule has 0 aliphatic carbocycles. The van der Waals surface area contributed by atoms with Crippen LogP contribution in [0.4, 0.5) is 0 Å². The standard InChI is InChI=1S/C16H17NO2S/c1-13(14-8-4-2-5-9-14)17-16(12-20(17,18)19)15-10-6-3-7-11-15/h2-11,13,16H,12H2,1H3/t13-,16-/m1/s1. The van der Waals surface area contributed by atoms with Crippen molar-refractivity contribution in [2.24, 2.45) is 0 Å². The Morgan fingerprint density at radius 1 is 1.00 bits per heavy atom. The first-order chi connectivity index (χ1) is 9.59. The molecule has 0 radical (unpaired) electrons. The van der Waals surface area contributed by atoms with E-state index in [2.05, 4.69) is 0 Å². The van der Waals surface area contributed by atoms with E-state index < -0.39 is 10.0 Å². The minimum absolute atomic E-state index is 0.0450. The van der Waals surface area contributed by atoms with Gasteiger partial charge in [0.15, 0.2) is 0 Å². The molecular weight excluding hydrogens is 270 g/mol. The van der Waals surface area contributed by atoms with Gasteiger partial charge in [-0.2, -0.15) is 4.31 Å². The van der Waals surface area contributed by atoms with Crippen LogP contribution in [0.1, 0.15) is 30.1 Å². The van der Waals surface area contributed by atoms with Gasteiger partial charge in [-0.05, 0) is 18.1 Å². The highest BCUT2D eigenvalue weighted by Gasteiger charge is 2.46. The van der Waals surface area contributed by atoms with Gasteiger partial charge in [0.1, 0.15) is 0 Å². The maximum absolute atomic E-state index is 12.1. The summed E-state index contributed by atoms with van der Waals surface area (Å²) in [4.78, 5) is 0. The Balaban J connectivity index is 1.93. The molecule has 1 saturated heterocycles. The van der Waals surface area contributed by atoms with Gasteiger partial charge in [0, 0.05) is 6.04 Å². The van der Waals surface area contributed by atoms with Crippen molar-refractivity contribution in [3.05, 3.63) is 71.8 Å². The number of rotatable bonds is 3. The Hall–Kier alpha value is -1.65. The van der Waals surface area contributed by atoms with E-state index in [0.29, 0.717) is 0 Å². The van der Waals surface area contributed by atoms with Crippen LogP contribution in [0.2, 0.25) is 0 Å². The van der Waals surface area contributed by atoms with E-state index in [4.69, 9.17) is 0 Å². The molecule has 1 aliphatic heterocycles. The zero-order valence-electron chi connectivity index (χ0n) is 11.3. The Morgan fingerprint density at radius 2 is 1.55 bits per heavy atom. The quantitative estimate of drug-likeness (QED) is 0.869. The maximum Gasteiger partial charge on any atom is 0.217 e. The van der Waals surface area contributed by atoms with Crippen LogP contribution >= 0.6 is 0 Å². The van der Waals surface area contributed by atoms with Crippen molar-refractivity contribution in [1.82, 2.24) is 4.31 Å². The maximum atomic E-state index is 12.1. The van der Waals surface area contributed by atoms with Gasteiger partial charge in [0.2, 0.25) is 10.0 Å². The second-order valence-electron chi connectivity index (χ2n) is 5.12. The van der Waals surface area contributed by atoms with Gasteiger partial charge in [-0.25, -0.2) is 8.42 Å². The highest BCUT2D eigenvalue weighted by atomic mass is 32.2. The second-order valence-corrected chi connectivity index (χ2v) is 7.04. The lowest BCUT2D eigenvalue weighted by Crippen LogP contribution is -2.51. The molecule has 0 saturated carbocycles. The fourth-order valence-electron chi connectivity index (χ4n) is 2.78. The van der Waals surface area contributed by atoms with E-state index in [1.54, 1.807) is 4.31 Å². The zero-order valence-corrected chi connectivity index (χ0v) is 12.1. The molecular formula is C16H17NO2S. The van der Waals surface area contributed by atoms with E-state index in [1.165, 1.54) is 0 Å². The normalized spacial score (nSPS) is 22.9. The van der Waals surface area contributed by atoms with Crippen LogP contribution in [0.25, 0.3) is 0 Å². The number of nitrogens with zero attached hydrogens (tertiary/aromatic N) is 1. The molecule has 3 nitrogen and oxygen atoms in total. The van der Waals surface area contributed by atoms with Crippen molar-refractivity contribution >= 4 is 10.0 Å². The van der Waals surface area contributed by atoms with Crippen molar-refractivity contribution in [3.8, 4) is 0 Å². The van der Waals surface area contributed by atoms with Crippen LogP contribution in [0.3, 0.4) is 0 Å². The fraction of sp³-hybridized carbons (Fsp3) is 0.250. The molecule has 1 heterocycles. The van der Waals surface area contributed by atoms with Gasteiger partial charge in [-0.1, -0.05) is 60.7 Å². The molecule has 0 N–H and O–H groups in total. The summed E-state index contributed by atoms with van der Waals surface area (Å²) in [6, 6.07) is 19.4. The molecule has 2 aromatic rings. The van der Waals surface area contributed by atoms with E-state index in [0.717, 1.165) is 11.1 Å². The Labute approximate surface area is 119 Å². The third-order valence-corrected chi connectivity index (χ3v) is 5.80. The first-order valence-corrected chi connectivity index (χ1v) is 8.31. The molecule has 3 rings (SSSR count). The molecule has 0 spiro atoms. The summed E-state index contributed by atoms with van der Waals surface area (Å²) < 4.78 is 25.9. The summed E-state index contributed by atoms with van der Waals surface area (Å²) >= 11 is 0. The van der Waals surface area contributed by atoms with Gasteiger partial charge in [0.25, 0.3) is 0 Å². The van der Waals surface area contributed by atoms with Gasteiger partial charge < -0.3 is 0 Å². The molecule has 104 valence electrons. The summed E-state index contributed by atoms with van der Waals surface area (Å²) in [5.74, 6) is 0.203. The van der Waals surface area contributed by atoms with Crippen molar-refractivity contribution < 1.29 is 8.42 Å². The van der Waals surface area contributed by atoms with Crippen LogP contribution in [0, 0.1) is 0 Å². The van der Waals surface area contributed by atoms with E-state index >= 15 is 0 Å². The molecule has 0 unspecified atom stereocenters. The zero-order chi connectivity index (χ0) is 14.2. The molecule has 1 aliphatic rings. The van der Waals surface area contributed by atoms with Crippen molar-refractivity contribution in [3.63, 3.8) is 0 Å². The van der Waals surface area contributed by atoms with Crippen LogP contribution in [0.5, 0.6) is 0 Å². The minimum Gasteiger partial charge on any atom is -0.212 e. The smallest absolute Gasteiger partial charge is 0.212 e. The molecule has 20 heavy (non-hydrogen) atoms. The Morgan fingerprint density at radius 3 is 2.10 bits per heavy atom. The first-order valence-electron chi connectivity index (χ1n) is 6.71. The van der Waals surface area contributed by atoms with Crippen molar-refractivity contribution in [2.45, 2.75) is 19.0 Å². The molecule has 1 fully saturated rings. The van der Waals surface area contributed by atoms with E-state index in [-0.39, 0.29) is 17.8 Å². The molecule has 0 aromatic heterocycles. The third kappa shape index (κ3) is 2.25. The monoisotopic (exact) mass is 287 g/mol. The second kappa shape index (κ2) is 5.04. The number of sulfonamides is 1. The first kappa shape index (κ1) is 13.3. The Kier molecular flexibility index (Phi) is 3.36. The average molecular weight is 287 g/mol. The van der Waals surface area contributed by atoms with Crippen LogP contribution in [0.15, 0.2) is 60.7 Å². The molecule has 0 amide bonds. The van der Waals surface area contributed by atoms with Crippen molar-refractivity contribution in [2.75, 3.05) is 5.75 Å². The number of hydrogen-bond acceptors (Lipinski definition) is 2. The van der Waals surface area contributed by atoms with E-state index in [1.807, 2.05) is 67.6 Å². The lowest BCUT2D eigenvalue weighted by Gasteiger charge is -2.44. The fourth-order valence-corrected chi connectivity index (χ4v) is 4.63. The van der Waals surface area contributed by atoms with Gasteiger partial charge in [-0.15, -0.1) is 0 Å². The molecule has 4 heteroatoms. The summed E-state index contributed by atoms with van der Waals surface area (Å²) in [7, 11) is -3.13. The molecule has 2 aromatic carbocycles. The topological polar surface area (TPSA) is 37.4 Å². The minimum atomic E-state index is -3.13. The highest BCUT2D eigenvalue weighted by molar-refractivity contribution is 7.90. The predicted octanol–water partition coefficient (Wildman–Crippen LogP) is 3.13. The molecule has 0 bridgehead atoms. The van der Waals surface area contributed by atoms with Crippen LogP contribution in [-0.4, -0.2) is 18.5 Å². The highest BCUT2D eigenvalue weighted by Crippen LogP contribution is 2.42. The number of hydrogen-bond donors (Lipinski definition) is 0. The summed E-state index contributed by atoms with van der Waals surface area (Å²) in [5.41, 5.74) is 2.09. The van der Waals surface area contributed by atoms with Gasteiger partial charge in [0.05, 0.1) is 11.8 Å². The molecule has 2 atom stereocenters. The Bertz CT molecular complexity index is 641. The van der Waals surface area contributed by atoms with Gasteiger partial charge in [-0.3, -0.25) is 0 Å². The number of benzene rings is 2. The van der Waals surface area contributed by atoms with Crippen LogP contribution < -0.4 is 0 Å². The average Bonchev–Trinajstić information content (AvgIpc) is 2.47.